The van der Waals surface area contributed by atoms with Gasteiger partial charge >= 0.3 is 0 Å². The number of pyridine rings is 1. The number of ether oxygens (including phenoxy) is 1. The van der Waals surface area contributed by atoms with E-state index < -0.39 is 0 Å². The summed E-state index contributed by atoms with van der Waals surface area (Å²) in [6, 6.07) is 15.5. The first-order valence-electron chi connectivity index (χ1n) is 11.4. The molecule has 5 nitrogen and oxygen atoms in total. The zero-order chi connectivity index (χ0) is 23.2. The molecule has 2 heterocycles. The van der Waals surface area contributed by atoms with E-state index in [1.807, 2.05) is 36.4 Å². The number of aryl methyl sites for hydroxylation is 2. The second-order valence-electron chi connectivity index (χ2n) is 8.26. The van der Waals surface area contributed by atoms with E-state index in [0.29, 0.717) is 23.8 Å². The van der Waals surface area contributed by atoms with E-state index in [9.17, 15) is 4.79 Å². The molecular weight excluding hydrogens is 430 g/mol. The summed E-state index contributed by atoms with van der Waals surface area (Å²) < 4.78 is 6.91. The molecule has 0 aliphatic rings. The van der Waals surface area contributed by atoms with Crippen LogP contribution in [0.4, 0.5) is 5.13 Å². The monoisotopic (exact) mass is 459 g/mol. The van der Waals surface area contributed by atoms with Crippen LogP contribution in [0, 0.1) is 13.8 Å². The van der Waals surface area contributed by atoms with Crippen LogP contribution in [0.2, 0.25) is 0 Å². The smallest absolute Gasteiger partial charge is 0.260 e. The maximum Gasteiger partial charge on any atom is 0.260 e. The first-order chi connectivity index (χ1) is 16.0. The number of thiazole rings is 1. The van der Waals surface area contributed by atoms with Gasteiger partial charge in [0.1, 0.15) is 5.75 Å². The van der Waals surface area contributed by atoms with E-state index in [4.69, 9.17) is 9.72 Å². The Labute approximate surface area is 199 Å². The highest BCUT2D eigenvalue weighted by molar-refractivity contribution is 7.22. The highest BCUT2D eigenvalue weighted by atomic mass is 32.1. The van der Waals surface area contributed by atoms with E-state index in [0.717, 1.165) is 46.4 Å². The van der Waals surface area contributed by atoms with Crippen LogP contribution < -0.4 is 9.64 Å². The molecule has 0 radical (unpaired) electrons. The predicted molar refractivity (Wildman–Crippen MR) is 135 cm³/mol. The summed E-state index contributed by atoms with van der Waals surface area (Å²) in [4.78, 5) is 24.4. The number of carbonyl (C=O) groups excluding carboxylic acids is 1. The maximum atomic E-state index is 13.6. The highest BCUT2D eigenvalue weighted by Crippen LogP contribution is 2.33. The van der Waals surface area contributed by atoms with Crippen LogP contribution in [0.1, 0.15) is 53.2 Å². The molecule has 0 saturated carbocycles. The van der Waals surface area contributed by atoms with Gasteiger partial charge in [0.15, 0.2) is 5.13 Å². The third kappa shape index (κ3) is 5.57. The zero-order valence-corrected chi connectivity index (χ0v) is 20.2. The first-order valence-corrected chi connectivity index (χ1v) is 12.2. The van der Waals surface area contributed by atoms with Gasteiger partial charge in [0.2, 0.25) is 0 Å². The Morgan fingerprint density at radius 2 is 1.91 bits per heavy atom. The lowest BCUT2D eigenvalue weighted by Crippen LogP contribution is -2.30. The standard InChI is InChI=1S/C27H29N3O2S/c1-4-5-6-14-32-23-11-9-22(10-12-23)26(31)30(18-21-8-7-13-28-17-21)27-29-24-16-19(2)15-20(3)25(24)33-27/h7-13,15-17H,4-6,14,18H2,1-3H3. The summed E-state index contributed by atoms with van der Waals surface area (Å²) in [5.41, 5.74) is 4.82. The number of anilines is 1. The van der Waals surface area contributed by atoms with Crippen LogP contribution in [0.15, 0.2) is 60.9 Å². The lowest BCUT2D eigenvalue weighted by atomic mass is 10.1. The Morgan fingerprint density at radius 3 is 2.64 bits per heavy atom. The van der Waals surface area contributed by atoms with Gasteiger partial charge in [0, 0.05) is 18.0 Å². The van der Waals surface area contributed by atoms with Gasteiger partial charge < -0.3 is 4.74 Å². The second-order valence-corrected chi connectivity index (χ2v) is 9.24. The van der Waals surface area contributed by atoms with Crippen molar-refractivity contribution in [2.24, 2.45) is 0 Å². The number of benzene rings is 2. The molecule has 170 valence electrons. The van der Waals surface area contributed by atoms with Gasteiger partial charge in [0.25, 0.3) is 5.91 Å². The van der Waals surface area contributed by atoms with Crippen molar-refractivity contribution in [3.63, 3.8) is 0 Å². The molecule has 2 aromatic carbocycles. The van der Waals surface area contributed by atoms with Crippen molar-refractivity contribution in [1.29, 1.82) is 0 Å². The minimum absolute atomic E-state index is 0.0928. The Kier molecular flexibility index (Phi) is 7.35. The van der Waals surface area contributed by atoms with Gasteiger partial charge in [-0.15, -0.1) is 0 Å². The van der Waals surface area contributed by atoms with Crippen LogP contribution >= 0.6 is 11.3 Å². The Hall–Kier alpha value is -3.25. The number of rotatable bonds is 9. The predicted octanol–water partition coefficient (Wildman–Crippen LogP) is 6.72. The number of nitrogens with zero attached hydrogens (tertiary/aromatic N) is 3. The van der Waals surface area contributed by atoms with Gasteiger partial charge in [-0.2, -0.15) is 0 Å². The van der Waals surface area contributed by atoms with E-state index in [-0.39, 0.29) is 5.91 Å². The number of amides is 1. The molecule has 0 aliphatic heterocycles. The van der Waals surface area contributed by atoms with Crippen LogP contribution in [0.5, 0.6) is 5.75 Å². The molecule has 4 rings (SSSR count). The quantitative estimate of drug-likeness (QED) is 0.261. The summed E-state index contributed by atoms with van der Waals surface area (Å²) in [7, 11) is 0. The van der Waals surface area contributed by atoms with E-state index in [1.165, 1.54) is 5.56 Å². The molecule has 1 amide bonds. The second kappa shape index (κ2) is 10.6. The van der Waals surface area contributed by atoms with E-state index in [1.54, 1.807) is 28.6 Å². The number of fused-ring (bicyclic) bond motifs is 1. The minimum Gasteiger partial charge on any atom is -0.494 e. The van der Waals surface area contributed by atoms with Gasteiger partial charge in [-0.25, -0.2) is 4.98 Å². The fourth-order valence-electron chi connectivity index (χ4n) is 3.77. The molecule has 0 aliphatic carbocycles. The molecule has 0 saturated heterocycles. The average molecular weight is 460 g/mol. The van der Waals surface area contributed by atoms with Gasteiger partial charge in [-0.3, -0.25) is 14.7 Å². The number of hydrogen-bond donors (Lipinski definition) is 0. The largest absolute Gasteiger partial charge is 0.494 e. The summed E-state index contributed by atoms with van der Waals surface area (Å²) in [6.45, 7) is 7.42. The van der Waals surface area contributed by atoms with Crippen molar-refractivity contribution in [2.45, 2.75) is 46.6 Å². The van der Waals surface area contributed by atoms with Crippen molar-refractivity contribution < 1.29 is 9.53 Å². The molecule has 0 spiro atoms. The van der Waals surface area contributed by atoms with Crippen molar-refractivity contribution in [1.82, 2.24) is 9.97 Å². The number of hydrogen-bond acceptors (Lipinski definition) is 5. The molecule has 0 N–H and O–H groups in total. The highest BCUT2D eigenvalue weighted by Gasteiger charge is 2.22. The van der Waals surface area contributed by atoms with Crippen LogP contribution in [-0.4, -0.2) is 22.5 Å². The van der Waals surface area contributed by atoms with Gasteiger partial charge in [-0.05, 0) is 73.4 Å². The SMILES string of the molecule is CCCCCOc1ccc(C(=O)N(Cc2cccnc2)c2nc3cc(C)cc(C)c3s2)cc1. The first kappa shape index (κ1) is 22.9. The molecule has 0 unspecified atom stereocenters. The molecule has 6 heteroatoms. The van der Waals surface area contributed by atoms with Crippen LogP contribution in [-0.2, 0) is 6.54 Å². The van der Waals surface area contributed by atoms with Crippen molar-refractivity contribution >= 4 is 32.6 Å². The number of aromatic nitrogens is 2. The topological polar surface area (TPSA) is 55.3 Å². The van der Waals surface area contributed by atoms with Crippen molar-refractivity contribution in [3.05, 3.63) is 83.2 Å². The summed E-state index contributed by atoms with van der Waals surface area (Å²) in [5.74, 6) is 0.692. The maximum absolute atomic E-state index is 13.6. The third-order valence-corrected chi connectivity index (χ3v) is 6.70. The van der Waals surface area contributed by atoms with Gasteiger partial charge in [0.05, 0.1) is 23.4 Å². The zero-order valence-electron chi connectivity index (χ0n) is 19.4. The fraction of sp³-hybridized carbons (Fsp3) is 0.296. The summed E-state index contributed by atoms with van der Waals surface area (Å²) >= 11 is 1.55. The average Bonchev–Trinajstić information content (AvgIpc) is 3.25. The molecule has 0 bridgehead atoms. The minimum atomic E-state index is -0.0928. The fourth-order valence-corrected chi connectivity index (χ4v) is 4.79. The van der Waals surface area contributed by atoms with Gasteiger partial charge in [-0.1, -0.05) is 43.2 Å². The number of unbranched alkanes of at least 4 members (excludes halogenated alkanes) is 2. The Bertz CT molecular complexity index is 1220. The van der Waals surface area contributed by atoms with E-state index >= 15 is 0 Å². The van der Waals surface area contributed by atoms with Crippen molar-refractivity contribution in [2.75, 3.05) is 11.5 Å². The molecule has 4 aromatic rings. The molecule has 0 fully saturated rings. The third-order valence-electron chi connectivity index (χ3n) is 5.47. The van der Waals surface area contributed by atoms with E-state index in [2.05, 4.69) is 37.9 Å². The molecule has 2 aromatic heterocycles. The van der Waals surface area contributed by atoms with Crippen LogP contribution in [0.3, 0.4) is 0 Å². The molecule has 0 atom stereocenters. The lowest BCUT2D eigenvalue weighted by Gasteiger charge is -2.20. The Morgan fingerprint density at radius 1 is 1.09 bits per heavy atom. The summed E-state index contributed by atoms with van der Waals surface area (Å²) in [6.07, 6.45) is 6.87. The Balaban J connectivity index is 1.62. The van der Waals surface area contributed by atoms with Crippen molar-refractivity contribution in [3.8, 4) is 5.75 Å². The lowest BCUT2D eigenvalue weighted by molar-refractivity contribution is 0.0985. The summed E-state index contributed by atoms with van der Waals surface area (Å²) in [5, 5.41) is 0.687. The number of carbonyl (C=O) groups is 1. The van der Waals surface area contributed by atoms with Crippen LogP contribution in [0.25, 0.3) is 10.2 Å². The molecule has 33 heavy (non-hydrogen) atoms. The molecular formula is C27H29N3O2S. The normalized spacial score (nSPS) is 11.0.